The third-order valence-electron chi connectivity index (χ3n) is 8.52. The lowest BCUT2D eigenvalue weighted by molar-refractivity contribution is -0.646. The van der Waals surface area contributed by atoms with E-state index in [1.165, 1.54) is 30.2 Å². The highest BCUT2D eigenvalue weighted by Gasteiger charge is 2.47. The normalized spacial score (nSPS) is 13.4. The first kappa shape index (κ1) is 23.2. The van der Waals surface area contributed by atoms with Gasteiger partial charge in [0.25, 0.3) is 6.33 Å². The van der Waals surface area contributed by atoms with E-state index in [1.807, 2.05) is 31.3 Å². The van der Waals surface area contributed by atoms with Gasteiger partial charge >= 0.3 is 6.18 Å². The van der Waals surface area contributed by atoms with E-state index in [0.717, 1.165) is 54.7 Å². The molecule has 0 radical (unpaired) electrons. The summed E-state index contributed by atoms with van der Waals surface area (Å²) in [5, 5.41) is 6.37. The van der Waals surface area contributed by atoms with Crippen molar-refractivity contribution in [1.29, 1.82) is 0 Å². The van der Waals surface area contributed by atoms with Gasteiger partial charge in [-0.2, -0.15) is 13.2 Å². The summed E-state index contributed by atoms with van der Waals surface area (Å²) >= 11 is 0. The molecule has 0 bridgehead atoms. The van der Waals surface area contributed by atoms with Crippen LogP contribution in [0.2, 0.25) is 0 Å². The molecule has 0 unspecified atom stereocenters. The maximum Gasteiger partial charge on any atom is 0.394 e. The van der Waals surface area contributed by atoms with Crippen molar-refractivity contribution in [2.24, 2.45) is 12.5 Å². The van der Waals surface area contributed by atoms with Crippen LogP contribution in [0.5, 0.6) is 0 Å². The second-order valence-corrected chi connectivity index (χ2v) is 11.3. The maximum absolute atomic E-state index is 14.1. The van der Waals surface area contributed by atoms with Crippen molar-refractivity contribution < 1.29 is 17.7 Å². The number of pyridine rings is 1. The fraction of sp³-hybridized carbons (Fsp3) is 0.250. The van der Waals surface area contributed by atoms with Gasteiger partial charge in [-0.05, 0) is 64.8 Å². The molecular formula is C32H27F3N3+. The molecule has 0 atom stereocenters. The molecule has 190 valence electrons. The van der Waals surface area contributed by atoms with Crippen molar-refractivity contribution in [3.05, 3.63) is 77.6 Å². The van der Waals surface area contributed by atoms with Crippen LogP contribution in [-0.4, -0.2) is 15.6 Å². The quantitative estimate of drug-likeness (QED) is 0.131. The molecule has 7 rings (SSSR count). The molecule has 3 nitrogen and oxygen atoms in total. The van der Waals surface area contributed by atoms with Crippen molar-refractivity contribution in [2.45, 2.75) is 40.3 Å². The molecule has 0 amide bonds. The minimum absolute atomic E-state index is 0.127. The Morgan fingerprint density at radius 1 is 0.816 bits per heavy atom. The number of aryl methyl sites for hydroxylation is 3. The number of para-hydroxylation sites is 1. The zero-order valence-electron chi connectivity index (χ0n) is 22.0. The molecule has 38 heavy (non-hydrogen) atoms. The lowest BCUT2D eigenvalue weighted by Crippen LogP contribution is -2.34. The molecule has 0 spiro atoms. The van der Waals surface area contributed by atoms with Gasteiger partial charge in [0.05, 0.1) is 39.8 Å². The second-order valence-electron chi connectivity index (χ2n) is 11.3. The van der Waals surface area contributed by atoms with Gasteiger partial charge in [0.15, 0.2) is 5.52 Å². The van der Waals surface area contributed by atoms with Crippen LogP contribution in [0.15, 0.2) is 60.9 Å². The number of rotatable bonds is 2. The SMILES string of the molecule is Cc1c2ccccc2c(C)c2c1c1c3c(cc(CC(C)(C)C(F)(F)F)c4c5ccccc5n2c43)nc[n+]1C. The van der Waals surface area contributed by atoms with Crippen LogP contribution in [0.4, 0.5) is 13.2 Å². The average molecular weight is 511 g/mol. The van der Waals surface area contributed by atoms with Crippen LogP contribution in [0.25, 0.3) is 59.9 Å². The number of nitrogens with zero attached hydrogens (tertiary/aromatic N) is 3. The van der Waals surface area contributed by atoms with Crippen LogP contribution >= 0.6 is 0 Å². The Labute approximate surface area is 217 Å². The standard InChI is InChI=1S/C32H27F3N3/c1-17-20-10-6-7-11-21(20)18(2)28-25(17)29-27-23(36-16-37(29)5)14-19(15-31(3,4)32(33,34)35)26-22-12-8-9-13-24(22)38(28)30(26)27/h6-14,16H,15H2,1-5H3/q+1. The van der Waals surface area contributed by atoms with Crippen molar-refractivity contribution in [2.75, 3.05) is 0 Å². The highest BCUT2D eigenvalue weighted by Crippen LogP contribution is 2.47. The van der Waals surface area contributed by atoms with E-state index in [4.69, 9.17) is 4.98 Å². The van der Waals surface area contributed by atoms with Gasteiger partial charge in [-0.15, -0.1) is 0 Å². The molecule has 0 aliphatic heterocycles. The van der Waals surface area contributed by atoms with Crippen molar-refractivity contribution in [1.82, 2.24) is 9.38 Å². The lowest BCUT2D eigenvalue weighted by Gasteiger charge is -2.28. The van der Waals surface area contributed by atoms with Crippen LogP contribution in [-0.2, 0) is 13.5 Å². The van der Waals surface area contributed by atoms with Crippen molar-refractivity contribution in [3.63, 3.8) is 0 Å². The van der Waals surface area contributed by atoms with E-state index in [9.17, 15) is 13.2 Å². The van der Waals surface area contributed by atoms with Gasteiger partial charge in [0, 0.05) is 10.8 Å². The fourth-order valence-corrected chi connectivity index (χ4v) is 6.53. The summed E-state index contributed by atoms with van der Waals surface area (Å²) in [4.78, 5) is 4.75. The first-order valence-corrected chi connectivity index (χ1v) is 12.8. The summed E-state index contributed by atoms with van der Waals surface area (Å²) in [7, 11) is 2.00. The molecule has 0 N–H and O–H groups in total. The molecule has 4 aromatic carbocycles. The number of halogens is 3. The number of hydrogen-bond acceptors (Lipinski definition) is 1. The second kappa shape index (κ2) is 7.34. The lowest BCUT2D eigenvalue weighted by atomic mass is 9.83. The van der Waals surface area contributed by atoms with Gasteiger partial charge in [0.2, 0.25) is 0 Å². The zero-order valence-corrected chi connectivity index (χ0v) is 22.0. The number of alkyl halides is 3. The third kappa shape index (κ3) is 2.80. The minimum atomic E-state index is -4.33. The fourth-order valence-electron chi connectivity index (χ4n) is 6.53. The first-order valence-electron chi connectivity index (χ1n) is 12.8. The Balaban J connectivity index is 1.83. The molecule has 6 heteroatoms. The Morgan fingerprint density at radius 3 is 2.13 bits per heavy atom. The summed E-state index contributed by atoms with van der Waals surface area (Å²) in [6, 6.07) is 18.4. The number of benzene rings is 4. The zero-order chi connectivity index (χ0) is 26.7. The topological polar surface area (TPSA) is 21.2 Å². The number of aromatic nitrogens is 3. The van der Waals surface area contributed by atoms with E-state index < -0.39 is 11.6 Å². The third-order valence-corrected chi connectivity index (χ3v) is 8.52. The highest BCUT2D eigenvalue weighted by molar-refractivity contribution is 6.29. The van der Waals surface area contributed by atoms with Crippen molar-refractivity contribution in [3.8, 4) is 0 Å². The van der Waals surface area contributed by atoms with Gasteiger partial charge in [0.1, 0.15) is 5.52 Å². The molecule has 0 aliphatic carbocycles. The Morgan fingerprint density at radius 2 is 1.45 bits per heavy atom. The van der Waals surface area contributed by atoms with E-state index >= 15 is 0 Å². The summed E-state index contributed by atoms with van der Waals surface area (Å²) in [5.41, 5.74) is 5.94. The predicted molar refractivity (Wildman–Crippen MR) is 148 cm³/mol. The van der Waals surface area contributed by atoms with Gasteiger partial charge < -0.3 is 4.40 Å². The summed E-state index contributed by atoms with van der Waals surface area (Å²) in [6.45, 7) is 6.89. The summed E-state index contributed by atoms with van der Waals surface area (Å²) in [6.07, 6.45) is -2.67. The van der Waals surface area contributed by atoms with Crippen LogP contribution < -0.4 is 4.57 Å². The summed E-state index contributed by atoms with van der Waals surface area (Å²) < 4.78 is 46.6. The molecule has 3 aromatic heterocycles. The molecule has 0 saturated heterocycles. The first-order chi connectivity index (χ1) is 18.0. The predicted octanol–water partition coefficient (Wildman–Crippen LogP) is 8.11. The highest BCUT2D eigenvalue weighted by atomic mass is 19.4. The molecular weight excluding hydrogens is 483 g/mol. The Hall–Kier alpha value is -3.93. The Kier molecular flexibility index (Phi) is 4.48. The monoisotopic (exact) mass is 510 g/mol. The summed E-state index contributed by atoms with van der Waals surface area (Å²) in [5.74, 6) is 0. The molecule has 0 aliphatic rings. The average Bonchev–Trinajstić information content (AvgIpc) is 3.22. The molecule has 7 aromatic rings. The van der Waals surface area contributed by atoms with Crippen LogP contribution in [0, 0.1) is 19.3 Å². The number of hydrogen-bond donors (Lipinski definition) is 0. The largest absolute Gasteiger partial charge is 0.394 e. The van der Waals surface area contributed by atoms with Gasteiger partial charge in [-0.1, -0.05) is 56.3 Å². The smallest absolute Gasteiger partial charge is 0.307 e. The van der Waals surface area contributed by atoms with Crippen LogP contribution in [0.3, 0.4) is 0 Å². The molecule has 3 heterocycles. The maximum atomic E-state index is 14.1. The molecule has 0 saturated carbocycles. The Bertz CT molecular complexity index is 2100. The van der Waals surface area contributed by atoms with E-state index in [1.54, 1.807) is 6.33 Å². The van der Waals surface area contributed by atoms with Gasteiger partial charge in [-0.25, -0.2) is 4.57 Å². The van der Waals surface area contributed by atoms with E-state index in [2.05, 4.69) is 53.1 Å². The minimum Gasteiger partial charge on any atom is -0.307 e. The van der Waals surface area contributed by atoms with Crippen LogP contribution in [0.1, 0.15) is 30.5 Å². The van der Waals surface area contributed by atoms with Crippen molar-refractivity contribution >= 4 is 59.9 Å². The number of fused-ring (bicyclic) bond motifs is 7. The van der Waals surface area contributed by atoms with E-state index in [0.29, 0.717) is 5.56 Å². The van der Waals surface area contributed by atoms with E-state index in [-0.39, 0.29) is 6.42 Å². The molecule has 0 fully saturated rings. The van der Waals surface area contributed by atoms with Gasteiger partial charge in [-0.3, -0.25) is 0 Å².